The van der Waals surface area contributed by atoms with E-state index in [1.54, 1.807) is 36.3 Å². The second kappa shape index (κ2) is 10.5. The molecule has 0 radical (unpaired) electrons. The van der Waals surface area contributed by atoms with Crippen molar-refractivity contribution in [2.24, 2.45) is 0 Å². The summed E-state index contributed by atoms with van der Waals surface area (Å²) in [6.45, 7) is 5.80. The van der Waals surface area contributed by atoms with Crippen molar-refractivity contribution in [3.63, 3.8) is 0 Å². The summed E-state index contributed by atoms with van der Waals surface area (Å²) in [6, 6.07) is 14.1. The Morgan fingerprint density at radius 3 is 2.15 bits per heavy atom. The second-order valence-electron chi connectivity index (χ2n) is 8.25. The number of ether oxygens (including phenoxy) is 1. The molecule has 2 amide bonds. The van der Waals surface area contributed by atoms with Crippen LogP contribution in [0.25, 0.3) is 0 Å². The average molecular weight is 454 g/mol. The third-order valence-electron chi connectivity index (χ3n) is 6.23. The van der Waals surface area contributed by atoms with Crippen molar-refractivity contribution in [3.8, 4) is 5.75 Å². The van der Waals surface area contributed by atoms with Crippen LogP contribution in [0.4, 0.5) is 16.2 Å². The molecule has 33 heavy (non-hydrogen) atoms. The number of anilines is 2. The average Bonchev–Trinajstić information content (AvgIpc) is 2.86. The van der Waals surface area contributed by atoms with E-state index in [2.05, 4.69) is 15.5 Å². The molecule has 3 N–H and O–H groups in total. The van der Waals surface area contributed by atoms with Gasteiger partial charge in [-0.05, 0) is 42.0 Å². The fourth-order valence-electron chi connectivity index (χ4n) is 4.36. The Balaban J connectivity index is 1.31. The van der Waals surface area contributed by atoms with Gasteiger partial charge in [0, 0.05) is 63.7 Å². The lowest BCUT2D eigenvalue weighted by atomic mass is 10.0. The molecule has 0 aromatic heterocycles. The summed E-state index contributed by atoms with van der Waals surface area (Å²) in [5.74, 6) is -0.215. The molecule has 176 valence electrons. The summed E-state index contributed by atoms with van der Waals surface area (Å²) in [4.78, 5) is 30.7. The molecular formula is C24H31N5O4. The van der Waals surface area contributed by atoms with E-state index in [4.69, 9.17) is 4.74 Å². The minimum absolute atomic E-state index is 0.166. The Bertz CT molecular complexity index is 936. The van der Waals surface area contributed by atoms with Crippen LogP contribution in [0.5, 0.6) is 5.75 Å². The zero-order chi connectivity index (χ0) is 23.2. The van der Waals surface area contributed by atoms with Gasteiger partial charge < -0.3 is 30.3 Å². The molecule has 2 aliphatic heterocycles. The molecule has 9 nitrogen and oxygen atoms in total. The molecule has 9 heteroatoms. The van der Waals surface area contributed by atoms with E-state index in [0.717, 1.165) is 37.6 Å². The Morgan fingerprint density at radius 1 is 0.939 bits per heavy atom. The standard InChI is InChI=1S/C24H31N5O4/c1-33-21-8-2-18(3-9-21)22(23(30)31)28-14-16-29(17-15-28)24(32)26-19-4-6-20(7-5-19)27-12-10-25-11-13-27/h2-9,22,25H,10-17H2,1H3,(H,26,32)(H,30,31). The van der Waals surface area contributed by atoms with Crippen LogP contribution >= 0.6 is 0 Å². The number of carbonyl (C=O) groups is 2. The summed E-state index contributed by atoms with van der Waals surface area (Å²) in [7, 11) is 1.58. The first-order valence-corrected chi connectivity index (χ1v) is 11.3. The highest BCUT2D eigenvalue weighted by Crippen LogP contribution is 2.25. The first-order chi connectivity index (χ1) is 16.0. The summed E-state index contributed by atoms with van der Waals surface area (Å²) >= 11 is 0. The number of nitrogens with zero attached hydrogens (tertiary/aromatic N) is 3. The predicted molar refractivity (Wildman–Crippen MR) is 127 cm³/mol. The van der Waals surface area contributed by atoms with Gasteiger partial charge in [0.25, 0.3) is 0 Å². The van der Waals surface area contributed by atoms with Gasteiger partial charge in [0.1, 0.15) is 11.8 Å². The zero-order valence-electron chi connectivity index (χ0n) is 18.9. The highest BCUT2D eigenvalue weighted by atomic mass is 16.5. The molecule has 1 unspecified atom stereocenters. The Hall–Kier alpha value is -3.30. The van der Waals surface area contributed by atoms with Crippen LogP contribution in [0, 0.1) is 0 Å². The number of benzene rings is 2. The molecule has 0 aliphatic carbocycles. The molecule has 2 aromatic rings. The quantitative estimate of drug-likeness (QED) is 0.616. The molecule has 4 rings (SSSR count). The number of amides is 2. The minimum atomic E-state index is -0.900. The van der Waals surface area contributed by atoms with Gasteiger partial charge in [0.05, 0.1) is 7.11 Å². The number of rotatable bonds is 6. The van der Waals surface area contributed by atoms with Gasteiger partial charge >= 0.3 is 12.0 Å². The van der Waals surface area contributed by atoms with E-state index < -0.39 is 12.0 Å². The third kappa shape index (κ3) is 5.55. The maximum Gasteiger partial charge on any atom is 0.325 e. The number of aliphatic carboxylic acids is 1. The third-order valence-corrected chi connectivity index (χ3v) is 6.23. The normalized spacial score (nSPS) is 18.0. The van der Waals surface area contributed by atoms with E-state index in [1.165, 1.54) is 0 Å². The van der Waals surface area contributed by atoms with Gasteiger partial charge in [-0.2, -0.15) is 0 Å². The van der Waals surface area contributed by atoms with Crippen LogP contribution < -0.4 is 20.3 Å². The number of hydrogen-bond acceptors (Lipinski definition) is 6. The van der Waals surface area contributed by atoms with Crippen LogP contribution in [0.2, 0.25) is 0 Å². The molecule has 2 saturated heterocycles. The number of carboxylic acids is 1. The lowest BCUT2D eigenvalue weighted by Gasteiger charge is -2.37. The minimum Gasteiger partial charge on any atom is -0.497 e. The fourth-order valence-corrected chi connectivity index (χ4v) is 4.36. The van der Waals surface area contributed by atoms with Gasteiger partial charge in [-0.1, -0.05) is 12.1 Å². The van der Waals surface area contributed by atoms with Crippen molar-refractivity contribution in [3.05, 3.63) is 54.1 Å². The number of piperazine rings is 2. The lowest BCUT2D eigenvalue weighted by molar-refractivity contribution is -0.144. The van der Waals surface area contributed by atoms with E-state index in [1.807, 2.05) is 29.2 Å². The molecule has 2 aromatic carbocycles. The number of carboxylic acid groups (broad SMARTS) is 1. The first kappa shape index (κ1) is 22.9. The zero-order valence-corrected chi connectivity index (χ0v) is 18.9. The van der Waals surface area contributed by atoms with Crippen molar-refractivity contribution in [1.82, 2.24) is 15.1 Å². The highest BCUT2D eigenvalue weighted by molar-refractivity contribution is 5.89. The summed E-state index contributed by atoms with van der Waals surface area (Å²) in [6.07, 6.45) is 0. The van der Waals surface area contributed by atoms with Crippen molar-refractivity contribution in [1.29, 1.82) is 0 Å². The number of methoxy groups -OCH3 is 1. The van der Waals surface area contributed by atoms with Crippen molar-refractivity contribution < 1.29 is 19.4 Å². The van der Waals surface area contributed by atoms with Crippen molar-refractivity contribution >= 4 is 23.4 Å². The van der Waals surface area contributed by atoms with Crippen LogP contribution in [0.3, 0.4) is 0 Å². The van der Waals surface area contributed by atoms with Crippen molar-refractivity contribution in [2.75, 3.05) is 69.7 Å². The summed E-state index contributed by atoms with van der Waals surface area (Å²) in [5, 5.41) is 16.1. The van der Waals surface area contributed by atoms with Gasteiger partial charge in [0.2, 0.25) is 0 Å². The molecule has 2 fully saturated rings. The largest absolute Gasteiger partial charge is 0.497 e. The molecule has 0 bridgehead atoms. The van der Waals surface area contributed by atoms with Crippen LogP contribution in [-0.2, 0) is 4.79 Å². The monoisotopic (exact) mass is 453 g/mol. The predicted octanol–water partition coefficient (Wildman–Crippen LogP) is 2.08. The molecule has 2 heterocycles. The molecule has 0 saturated carbocycles. The smallest absolute Gasteiger partial charge is 0.325 e. The van der Waals surface area contributed by atoms with Crippen LogP contribution in [0.15, 0.2) is 48.5 Å². The van der Waals surface area contributed by atoms with E-state index in [-0.39, 0.29) is 6.03 Å². The summed E-state index contributed by atoms with van der Waals surface area (Å²) < 4.78 is 5.16. The highest BCUT2D eigenvalue weighted by Gasteiger charge is 2.31. The van der Waals surface area contributed by atoms with Gasteiger partial charge in [0.15, 0.2) is 0 Å². The first-order valence-electron chi connectivity index (χ1n) is 11.3. The van der Waals surface area contributed by atoms with Gasteiger partial charge in [-0.25, -0.2) is 4.79 Å². The molecule has 0 spiro atoms. The maximum absolute atomic E-state index is 12.8. The maximum atomic E-state index is 12.8. The van der Waals surface area contributed by atoms with E-state index in [0.29, 0.717) is 37.5 Å². The van der Waals surface area contributed by atoms with Crippen molar-refractivity contribution in [2.45, 2.75) is 6.04 Å². The molecular weight excluding hydrogens is 422 g/mol. The Kier molecular flexibility index (Phi) is 7.31. The second-order valence-corrected chi connectivity index (χ2v) is 8.25. The number of urea groups is 1. The number of carbonyl (C=O) groups excluding carboxylic acids is 1. The Labute approximate surface area is 193 Å². The van der Waals surface area contributed by atoms with Crippen LogP contribution in [0.1, 0.15) is 11.6 Å². The molecule has 2 aliphatic rings. The lowest BCUT2D eigenvalue weighted by Crippen LogP contribution is -2.52. The molecule has 1 atom stereocenters. The SMILES string of the molecule is COc1ccc(C(C(=O)O)N2CCN(C(=O)Nc3ccc(N4CCNCC4)cc3)CC2)cc1. The van der Waals surface area contributed by atoms with Gasteiger partial charge in [-0.3, -0.25) is 9.69 Å². The van der Waals surface area contributed by atoms with Crippen LogP contribution in [-0.4, -0.2) is 86.4 Å². The van der Waals surface area contributed by atoms with E-state index >= 15 is 0 Å². The fraction of sp³-hybridized carbons (Fsp3) is 0.417. The Morgan fingerprint density at radius 2 is 1.58 bits per heavy atom. The van der Waals surface area contributed by atoms with Gasteiger partial charge in [-0.15, -0.1) is 0 Å². The number of nitrogens with one attached hydrogen (secondary N) is 2. The van der Waals surface area contributed by atoms with E-state index in [9.17, 15) is 14.7 Å². The number of hydrogen-bond donors (Lipinski definition) is 3. The summed E-state index contributed by atoms with van der Waals surface area (Å²) in [5.41, 5.74) is 2.61. The topological polar surface area (TPSA) is 97.4 Å².